The Labute approximate surface area is 130 Å². The van der Waals surface area contributed by atoms with E-state index in [2.05, 4.69) is 42.3 Å². The zero-order chi connectivity index (χ0) is 15.6. The molecule has 0 aliphatic carbocycles. The average Bonchev–Trinajstić information content (AvgIpc) is 2.32. The maximum Gasteiger partial charge on any atom is 0.219 e. The highest BCUT2D eigenvalue weighted by molar-refractivity contribution is 7.97. The Bertz CT molecular complexity index is 521. The summed E-state index contributed by atoms with van der Waals surface area (Å²) in [5.74, 6) is 2.74. The molecule has 1 N–H and O–H groups in total. The minimum absolute atomic E-state index is 0.0735. The van der Waals surface area contributed by atoms with Gasteiger partial charge in [-0.25, -0.2) is 9.97 Å². The average molecular weight is 308 g/mol. The van der Waals surface area contributed by atoms with Crippen LogP contribution in [0.1, 0.15) is 39.2 Å². The van der Waals surface area contributed by atoms with Gasteiger partial charge in [-0.3, -0.25) is 4.79 Å². The zero-order valence-electron chi connectivity index (χ0n) is 13.4. The summed E-state index contributed by atoms with van der Waals surface area (Å²) < 4.78 is 0. The van der Waals surface area contributed by atoms with Crippen LogP contribution < -0.4 is 5.32 Å². The Morgan fingerprint density at radius 3 is 2.62 bits per heavy atom. The highest BCUT2D eigenvalue weighted by Crippen LogP contribution is 2.23. The smallest absolute Gasteiger partial charge is 0.219 e. The number of carbonyl (C=O) groups excluding carboxylic acids is 1. The van der Waals surface area contributed by atoms with Gasteiger partial charge in [-0.2, -0.15) is 11.8 Å². The van der Waals surface area contributed by atoms with Crippen LogP contribution in [0.15, 0.2) is 6.07 Å². The molecule has 5 nitrogen and oxygen atoms in total. The molecule has 0 unspecified atom stereocenters. The number of thioether (sulfide) groups is 1. The van der Waals surface area contributed by atoms with Gasteiger partial charge in [0.1, 0.15) is 11.6 Å². The van der Waals surface area contributed by atoms with Gasteiger partial charge >= 0.3 is 0 Å². The lowest BCUT2D eigenvalue weighted by molar-refractivity contribution is -0.132. The van der Waals surface area contributed by atoms with Crippen molar-refractivity contribution in [3.63, 3.8) is 0 Å². The van der Waals surface area contributed by atoms with Crippen molar-refractivity contribution in [3.8, 4) is 0 Å². The lowest BCUT2D eigenvalue weighted by atomic mass is 9.95. The minimum Gasteiger partial charge on any atom is -0.364 e. The van der Waals surface area contributed by atoms with Gasteiger partial charge in [0.05, 0.1) is 11.7 Å². The van der Waals surface area contributed by atoms with Crippen LogP contribution in [0.4, 0.5) is 5.82 Å². The van der Waals surface area contributed by atoms with Crippen molar-refractivity contribution < 1.29 is 4.79 Å². The van der Waals surface area contributed by atoms with E-state index in [-0.39, 0.29) is 11.3 Å². The third-order valence-corrected chi connectivity index (χ3v) is 4.01. The van der Waals surface area contributed by atoms with Crippen LogP contribution in [-0.2, 0) is 16.0 Å². The van der Waals surface area contributed by atoms with E-state index in [9.17, 15) is 4.79 Å². The Morgan fingerprint density at radius 1 is 1.43 bits per heavy atom. The molecule has 0 saturated carbocycles. The topological polar surface area (TPSA) is 58.1 Å². The molecular weight excluding hydrogens is 284 g/mol. The summed E-state index contributed by atoms with van der Waals surface area (Å²) in [6.45, 7) is 9.47. The van der Waals surface area contributed by atoms with Crippen molar-refractivity contribution in [1.82, 2.24) is 14.9 Å². The van der Waals surface area contributed by atoms with Crippen molar-refractivity contribution in [2.24, 2.45) is 0 Å². The molecule has 0 atom stereocenters. The number of anilines is 1. The van der Waals surface area contributed by atoms with E-state index in [1.165, 1.54) is 0 Å². The zero-order valence-corrected chi connectivity index (χ0v) is 14.3. The standard InChI is InChI=1S/C15H24N4OS/c1-10(20)19-7-12(8-19)16-13-6-11(9-21-5)17-14(18-13)15(2,3)4/h6,12H,7-9H2,1-5H3,(H,16,17,18). The lowest BCUT2D eigenvalue weighted by Crippen LogP contribution is -2.56. The van der Waals surface area contributed by atoms with Crippen LogP contribution in [0.3, 0.4) is 0 Å². The fourth-order valence-corrected chi connectivity index (χ4v) is 2.61. The summed E-state index contributed by atoms with van der Waals surface area (Å²) in [5.41, 5.74) is 0.975. The summed E-state index contributed by atoms with van der Waals surface area (Å²) in [5, 5.41) is 3.42. The molecule has 0 aromatic carbocycles. The van der Waals surface area contributed by atoms with Gasteiger partial charge in [0, 0.05) is 37.2 Å². The Morgan fingerprint density at radius 2 is 2.10 bits per heavy atom. The van der Waals surface area contributed by atoms with E-state index >= 15 is 0 Å². The SMILES string of the molecule is CSCc1cc(NC2CN(C(C)=O)C2)nc(C(C)(C)C)n1. The molecule has 1 aromatic heterocycles. The van der Waals surface area contributed by atoms with Crippen molar-refractivity contribution in [1.29, 1.82) is 0 Å². The molecule has 6 heteroatoms. The second kappa shape index (κ2) is 6.22. The molecule has 2 heterocycles. The fraction of sp³-hybridized carbons (Fsp3) is 0.667. The van der Waals surface area contributed by atoms with Crippen molar-refractivity contribution in [2.45, 2.75) is 44.9 Å². The van der Waals surface area contributed by atoms with E-state index in [0.29, 0.717) is 6.04 Å². The number of rotatable bonds is 4. The van der Waals surface area contributed by atoms with E-state index in [0.717, 1.165) is 36.2 Å². The quantitative estimate of drug-likeness (QED) is 0.925. The van der Waals surface area contributed by atoms with Gasteiger partial charge in [0.25, 0.3) is 0 Å². The number of aromatic nitrogens is 2. The predicted molar refractivity (Wildman–Crippen MR) is 87.6 cm³/mol. The molecule has 1 aliphatic rings. The summed E-state index contributed by atoms with van der Waals surface area (Å²) in [7, 11) is 0. The molecule has 1 aliphatic heterocycles. The van der Waals surface area contributed by atoms with Crippen LogP contribution in [0, 0.1) is 0 Å². The van der Waals surface area contributed by atoms with Crippen molar-refractivity contribution >= 4 is 23.5 Å². The first-order valence-electron chi connectivity index (χ1n) is 7.19. The number of likely N-dealkylation sites (tertiary alicyclic amines) is 1. The Balaban J connectivity index is 2.11. The molecule has 1 amide bonds. The summed E-state index contributed by atoms with van der Waals surface area (Å²) in [6, 6.07) is 2.31. The highest BCUT2D eigenvalue weighted by Gasteiger charge is 2.29. The van der Waals surface area contributed by atoms with Gasteiger partial charge in [0.15, 0.2) is 0 Å². The van der Waals surface area contributed by atoms with E-state index in [1.807, 2.05) is 11.0 Å². The molecule has 0 radical (unpaired) electrons. The second-order valence-corrected chi connectivity index (χ2v) is 7.38. The van der Waals surface area contributed by atoms with Gasteiger partial charge in [-0.05, 0) is 6.26 Å². The second-order valence-electron chi connectivity index (χ2n) is 6.52. The molecular formula is C15H24N4OS. The Kier molecular flexibility index (Phi) is 4.76. The molecule has 2 rings (SSSR count). The van der Waals surface area contributed by atoms with Gasteiger partial charge < -0.3 is 10.2 Å². The first kappa shape index (κ1) is 16.1. The van der Waals surface area contributed by atoms with Crippen LogP contribution in [0.2, 0.25) is 0 Å². The number of nitrogens with zero attached hydrogens (tertiary/aromatic N) is 3. The van der Waals surface area contributed by atoms with Crippen LogP contribution >= 0.6 is 11.8 Å². The largest absolute Gasteiger partial charge is 0.364 e. The number of hydrogen-bond donors (Lipinski definition) is 1. The first-order valence-corrected chi connectivity index (χ1v) is 8.58. The summed E-state index contributed by atoms with van der Waals surface area (Å²) in [6.07, 6.45) is 2.07. The van der Waals surface area contributed by atoms with E-state index < -0.39 is 0 Å². The number of nitrogens with one attached hydrogen (secondary N) is 1. The highest BCUT2D eigenvalue weighted by atomic mass is 32.2. The van der Waals surface area contributed by atoms with Crippen molar-refractivity contribution in [2.75, 3.05) is 24.7 Å². The van der Waals surface area contributed by atoms with Crippen LogP contribution in [0.25, 0.3) is 0 Å². The van der Waals surface area contributed by atoms with E-state index in [4.69, 9.17) is 0 Å². The maximum atomic E-state index is 11.2. The van der Waals surface area contributed by atoms with Crippen LogP contribution in [-0.4, -0.2) is 46.2 Å². The number of amides is 1. The third-order valence-electron chi connectivity index (χ3n) is 3.42. The summed E-state index contributed by atoms with van der Waals surface area (Å²) >= 11 is 1.75. The molecule has 116 valence electrons. The minimum atomic E-state index is -0.0735. The molecule has 0 spiro atoms. The Hall–Kier alpha value is -1.30. The van der Waals surface area contributed by atoms with Gasteiger partial charge in [0.2, 0.25) is 5.91 Å². The summed E-state index contributed by atoms with van der Waals surface area (Å²) in [4.78, 5) is 22.3. The maximum absolute atomic E-state index is 11.2. The number of hydrogen-bond acceptors (Lipinski definition) is 5. The molecule has 1 saturated heterocycles. The van der Waals surface area contributed by atoms with E-state index in [1.54, 1.807) is 18.7 Å². The normalized spacial score (nSPS) is 15.8. The molecule has 1 aromatic rings. The van der Waals surface area contributed by atoms with Crippen molar-refractivity contribution in [3.05, 3.63) is 17.6 Å². The fourth-order valence-electron chi connectivity index (χ4n) is 2.16. The molecule has 1 fully saturated rings. The first-order chi connectivity index (χ1) is 9.79. The van der Waals surface area contributed by atoms with Gasteiger partial charge in [-0.1, -0.05) is 20.8 Å². The molecule has 21 heavy (non-hydrogen) atoms. The predicted octanol–water partition coefficient (Wildman–Crippen LogP) is 2.28. The lowest BCUT2D eigenvalue weighted by Gasteiger charge is -2.39. The number of carbonyl (C=O) groups is 1. The monoisotopic (exact) mass is 308 g/mol. The molecule has 0 bridgehead atoms. The third kappa shape index (κ3) is 4.09. The van der Waals surface area contributed by atoms with Crippen LogP contribution in [0.5, 0.6) is 0 Å². The van der Waals surface area contributed by atoms with Gasteiger partial charge in [-0.15, -0.1) is 0 Å².